The summed E-state index contributed by atoms with van der Waals surface area (Å²) in [5, 5.41) is 9.01. The Balaban J connectivity index is 2.06. The normalized spacial score (nSPS) is 15.8. The number of hydrogen-bond donors (Lipinski definition) is 1. The number of rotatable bonds is 3. The molecule has 1 aliphatic heterocycles. The highest BCUT2D eigenvalue weighted by atomic mass is 16.6. The van der Waals surface area contributed by atoms with Crippen molar-refractivity contribution >= 4 is 17.9 Å². The third-order valence-electron chi connectivity index (χ3n) is 3.52. The Hall–Kier alpha value is -2.38. The van der Waals surface area contributed by atoms with Crippen molar-refractivity contribution in [2.45, 2.75) is 39.2 Å². The molecule has 24 heavy (non-hydrogen) atoms. The minimum absolute atomic E-state index is 0.171. The summed E-state index contributed by atoms with van der Waals surface area (Å²) in [6.45, 7) is 7.86. The van der Waals surface area contributed by atoms with Gasteiger partial charge in [-0.05, 0) is 27.2 Å². The average molecular weight is 336 g/mol. The lowest BCUT2D eigenvalue weighted by Crippen LogP contribution is -2.39. The van der Waals surface area contributed by atoms with Gasteiger partial charge in [0.05, 0.1) is 12.1 Å². The van der Waals surface area contributed by atoms with E-state index in [1.807, 2.05) is 25.7 Å². The molecule has 1 amide bonds. The van der Waals surface area contributed by atoms with Crippen LogP contribution in [-0.2, 0) is 16.0 Å². The van der Waals surface area contributed by atoms with Gasteiger partial charge >= 0.3 is 12.1 Å². The van der Waals surface area contributed by atoms with E-state index in [9.17, 15) is 9.59 Å². The van der Waals surface area contributed by atoms with E-state index >= 15 is 0 Å². The molecule has 0 aromatic carbocycles. The first-order valence-corrected chi connectivity index (χ1v) is 8.01. The zero-order valence-electron chi connectivity index (χ0n) is 14.4. The molecule has 8 heteroatoms. The predicted molar refractivity (Wildman–Crippen MR) is 88.0 cm³/mol. The maximum absolute atomic E-state index is 12.2. The lowest BCUT2D eigenvalue weighted by atomic mass is 10.2. The standard InChI is InChI=1S/C16H24N4O4/c1-16(2,3)24-15(23)20-8-4-7-19(9-10-20)14-12(11-13(21)22)17-5-6-18-14/h5-6H,4,7-11H2,1-3H3,(H,21,22). The fourth-order valence-corrected chi connectivity index (χ4v) is 2.53. The number of carboxylic acids is 1. The molecule has 1 aromatic rings. The summed E-state index contributed by atoms with van der Waals surface area (Å²) in [4.78, 5) is 35.3. The molecule has 0 atom stereocenters. The molecule has 2 rings (SSSR count). The molecular weight excluding hydrogens is 312 g/mol. The molecule has 1 N–H and O–H groups in total. The minimum atomic E-state index is -0.943. The Morgan fingerprint density at radius 3 is 2.54 bits per heavy atom. The number of carbonyl (C=O) groups excluding carboxylic acids is 1. The summed E-state index contributed by atoms with van der Waals surface area (Å²) in [5.41, 5.74) is -0.0847. The van der Waals surface area contributed by atoms with Crippen molar-refractivity contribution < 1.29 is 19.4 Å². The topological polar surface area (TPSA) is 95.9 Å². The van der Waals surface area contributed by atoms with Crippen LogP contribution >= 0.6 is 0 Å². The molecule has 1 saturated heterocycles. The van der Waals surface area contributed by atoms with Gasteiger partial charge < -0.3 is 19.6 Å². The van der Waals surface area contributed by atoms with Crippen LogP contribution in [0.1, 0.15) is 32.9 Å². The number of aliphatic carboxylic acids is 1. The molecule has 0 bridgehead atoms. The molecule has 0 unspecified atom stereocenters. The quantitative estimate of drug-likeness (QED) is 0.894. The summed E-state index contributed by atoms with van der Waals surface area (Å²) >= 11 is 0. The van der Waals surface area contributed by atoms with Crippen LogP contribution in [0.25, 0.3) is 0 Å². The number of anilines is 1. The third kappa shape index (κ3) is 5.07. The number of nitrogens with zero attached hydrogens (tertiary/aromatic N) is 4. The van der Waals surface area contributed by atoms with Crippen molar-refractivity contribution in [2.24, 2.45) is 0 Å². The van der Waals surface area contributed by atoms with Crippen LogP contribution < -0.4 is 4.90 Å². The van der Waals surface area contributed by atoms with Gasteiger partial charge in [-0.15, -0.1) is 0 Å². The van der Waals surface area contributed by atoms with Crippen molar-refractivity contribution in [3.8, 4) is 0 Å². The fraction of sp³-hybridized carbons (Fsp3) is 0.625. The van der Waals surface area contributed by atoms with Crippen molar-refractivity contribution in [1.82, 2.24) is 14.9 Å². The fourth-order valence-electron chi connectivity index (χ4n) is 2.53. The van der Waals surface area contributed by atoms with Gasteiger partial charge in [-0.3, -0.25) is 9.78 Å². The van der Waals surface area contributed by atoms with Crippen molar-refractivity contribution in [2.75, 3.05) is 31.1 Å². The molecule has 1 fully saturated rings. The van der Waals surface area contributed by atoms with Crippen molar-refractivity contribution in [3.05, 3.63) is 18.1 Å². The van der Waals surface area contributed by atoms with Crippen LogP contribution in [0.15, 0.2) is 12.4 Å². The molecule has 2 heterocycles. The monoisotopic (exact) mass is 336 g/mol. The highest BCUT2D eigenvalue weighted by Gasteiger charge is 2.25. The molecule has 8 nitrogen and oxygen atoms in total. The van der Waals surface area contributed by atoms with Gasteiger partial charge in [0.2, 0.25) is 0 Å². The predicted octanol–water partition coefficient (Wildman–Crippen LogP) is 1.55. The van der Waals surface area contributed by atoms with Crippen LogP contribution in [0.2, 0.25) is 0 Å². The van der Waals surface area contributed by atoms with E-state index in [1.54, 1.807) is 11.1 Å². The van der Waals surface area contributed by atoms with Gasteiger partial charge in [-0.25, -0.2) is 9.78 Å². The number of amides is 1. The van der Waals surface area contributed by atoms with Crippen LogP contribution in [0.4, 0.5) is 10.6 Å². The first-order valence-electron chi connectivity index (χ1n) is 8.01. The van der Waals surface area contributed by atoms with Gasteiger partial charge in [-0.2, -0.15) is 0 Å². The van der Waals surface area contributed by atoms with E-state index in [2.05, 4.69) is 9.97 Å². The number of ether oxygens (including phenoxy) is 1. The Morgan fingerprint density at radius 1 is 1.17 bits per heavy atom. The smallest absolute Gasteiger partial charge is 0.410 e. The summed E-state index contributed by atoms with van der Waals surface area (Å²) in [5.74, 6) is -0.368. The zero-order valence-corrected chi connectivity index (χ0v) is 14.4. The summed E-state index contributed by atoms with van der Waals surface area (Å²) in [6.07, 6.45) is 3.30. The van der Waals surface area contributed by atoms with Crippen LogP contribution in [0.5, 0.6) is 0 Å². The number of carbonyl (C=O) groups is 2. The van der Waals surface area contributed by atoms with E-state index in [1.165, 1.54) is 6.20 Å². The molecule has 0 aliphatic carbocycles. The second-order valence-electron chi connectivity index (χ2n) is 6.71. The van der Waals surface area contributed by atoms with E-state index in [-0.39, 0.29) is 12.5 Å². The van der Waals surface area contributed by atoms with Gasteiger partial charge in [0, 0.05) is 38.6 Å². The average Bonchev–Trinajstić information content (AvgIpc) is 2.71. The first-order chi connectivity index (χ1) is 11.3. The van der Waals surface area contributed by atoms with Crippen molar-refractivity contribution in [1.29, 1.82) is 0 Å². The molecule has 1 aromatic heterocycles. The van der Waals surface area contributed by atoms with E-state index < -0.39 is 11.6 Å². The Labute approximate surface area is 141 Å². The molecule has 0 saturated carbocycles. The highest BCUT2D eigenvalue weighted by Crippen LogP contribution is 2.19. The Bertz CT molecular complexity index is 600. The van der Waals surface area contributed by atoms with Gasteiger partial charge in [0.1, 0.15) is 5.60 Å². The lowest BCUT2D eigenvalue weighted by Gasteiger charge is -2.27. The van der Waals surface area contributed by atoms with E-state index in [0.29, 0.717) is 37.7 Å². The highest BCUT2D eigenvalue weighted by molar-refractivity contribution is 5.72. The zero-order chi connectivity index (χ0) is 17.7. The molecule has 1 aliphatic rings. The number of carboxylic acid groups (broad SMARTS) is 1. The second-order valence-corrected chi connectivity index (χ2v) is 6.71. The van der Waals surface area contributed by atoms with Gasteiger partial charge in [0.25, 0.3) is 0 Å². The number of hydrogen-bond acceptors (Lipinski definition) is 6. The largest absolute Gasteiger partial charge is 0.481 e. The summed E-state index contributed by atoms with van der Waals surface area (Å²) in [6, 6.07) is 0. The van der Waals surface area contributed by atoms with Crippen LogP contribution in [0.3, 0.4) is 0 Å². The Morgan fingerprint density at radius 2 is 1.88 bits per heavy atom. The summed E-state index contributed by atoms with van der Waals surface area (Å²) in [7, 11) is 0. The van der Waals surface area contributed by atoms with Gasteiger partial charge in [0.15, 0.2) is 5.82 Å². The third-order valence-corrected chi connectivity index (χ3v) is 3.52. The molecule has 132 valence electrons. The number of aromatic nitrogens is 2. The lowest BCUT2D eigenvalue weighted by molar-refractivity contribution is -0.136. The summed E-state index contributed by atoms with van der Waals surface area (Å²) < 4.78 is 5.41. The molecule has 0 spiro atoms. The maximum Gasteiger partial charge on any atom is 0.410 e. The first kappa shape index (κ1) is 18.0. The van der Waals surface area contributed by atoms with E-state index in [0.717, 1.165) is 6.42 Å². The Kier molecular flexibility index (Phi) is 5.58. The van der Waals surface area contributed by atoms with Crippen LogP contribution in [-0.4, -0.2) is 63.8 Å². The SMILES string of the molecule is CC(C)(C)OC(=O)N1CCCN(c2nccnc2CC(=O)O)CC1. The van der Waals surface area contributed by atoms with Gasteiger partial charge in [-0.1, -0.05) is 0 Å². The minimum Gasteiger partial charge on any atom is -0.481 e. The van der Waals surface area contributed by atoms with Crippen molar-refractivity contribution in [3.63, 3.8) is 0 Å². The van der Waals surface area contributed by atoms with Crippen LogP contribution in [0, 0.1) is 0 Å². The molecule has 0 radical (unpaired) electrons. The maximum atomic E-state index is 12.2. The van der Waals surface area contributed by atoms with E-state index in [4.69, 9.17) is 9.84 Å². The second kappa shape index (κ2) is 7.46. The molecular formula is C16H24N4O4.